The summed E-state index contributed by atoms with van der Waals surface area (Å²) < 4.78 is 5.24. The maximum absolute atomic E-state index is 10.8. The number of hydrogen-bond donors (Lipinski definition) is 2. The van der Waals surface area contributed by atoms with Crippen LogP contribution < -0.4 is 11.5 Å². The van der Waals surface area contributed by atoms with Gasteiger partial charge in [0.15, 0.2) is 0 Å². The lowest BCUT2D eigenvalue weighted by molar-refractivity contribution is -0.119. The van der Waals surface area contributed by atoms with E-state index in [1.165, 1.54) is 0 Å². The lowest BCUT2D eigenvalue weighted by Crippen LogP contribution is -2.48. The molecular formula is C9H18N2O2. The number of amides is 1. The van der Waals surface area contributed by atoms with Crippen molar-refractivity contribution >= 4 is 5.91 Å². The molecule has 0 saturated heterocycles. The Labute approximate surface area is 78.6 Å². The molecule has 0 aromatic carbocycles. The molecule has 0 bridgehead atoms. The molecule has 4 heteroatoms. The highest BCUT2D eigenvalue weighted by atomic mass is 16.5. The maximum atomic E-state index is 10.8. The van der Waals surface area contributed by atoms with Crippen LogP contribution in [0, 0.1) is 0 Å². The quantitative estimate of drug-likeness (QED) is 0.658. The predicted molar refractivity (Wildman–Crippen MR) is 50.0 cm³/mol. The molecule has 0 aromatic heterocycles. The van der Waals surface area contributed by atoms with Crippen molar-refractivity contribution in [3.05, 3.63) is 0 Å². The summed E-state index contributed by atoms with van der Waals surface area (Å²) >= 11 is 0. The van der Waals surface area contributed by atoms with Gasteiger partial charge in [-0.3, -0.25) is 4.79 Å². The van der Waals surface area contributed by atoms with E-state index < -0.39 is 5.54 Å². The van der Waals surface area contributed by atoms with Crippen LogP contribution in [0.4, 0.5) is 0 Å². The van der Waals surface area contributed by atoms with Crippen LogP contribution in [0.5, 0.6) is 0 Å². The lowest BCUT2D eigenvalue weighted by Gasteiger charge is -2.36. The predicted octanol–water partition coefficient (Wildman–Crippen LogP) is 0.148. The summed E-state index contributed by atoms with van der Waals surface area (Å²) in [4.78, 5) is 10.8. The molecule has 1 aliphatic rings. The molecule has 76 valence electrons. The zero-order chi connectivity index (χ0) is 9.90. The van der Waals surface area contributed by atoms with E-state index in [1.54, 1.807) is 7.11 Å². The van der Waals surface area contributed by atoms with Gasteiger partial charge in [0.2, 0.25) is 5.91 Å². The van der Waals surface area contributed by atoms with Crippen LogP contribution in [0.1, 0.15) is 32.1 Å². The Morgan fingerprint density at radius 2 is 2.38 bits per heavy atom. The summed E-state index contributed by atoms with van der Waals surface area (Å²) in [5, 5.41) is 0. The Hall–Kier alpha value is -0.610. The first-order valence-corrected chi connectivity index (χ1v) is 4.66. The largest absolute Gasteiger partial charge is 0.381 e. The zero-order valence-corrected chi connectivity index (χ0v) is 8.08. The van der Waals surface area contributed by atoms with Crippen molar-refractivity contribution in [1.29, 1.82) is 0 Å². The molecule has 4 N–H and O–H groups in total. The molecular weight excluding hydrogens is 168 g/mol. The Balaban J connectivity index is 2.51. The summed E-state index contributed by atoms with van der Waals surface area (Å²) in [5.74, 6) is -0.320. The van der Waals surface area contributed by atoms with Gasteiger partial charge in [-0.05, 0) is 25.7 Å². The Morgan fingerprint density at radius 3 is 2.92 bits per heavy atom. The summed E-state index contributed by atoms with van der Waals surface area (Å²) in [5.41, 5.74) is 10.8. The third kappa shape index (κ3) is 2.97. The molecule has 0 aliphatic heterocycles. The molecule has 1 amide bonds. The van der Waals surface area contributed by atoms with Crippen LogP contribution in [0.3, 0.4) is 0 Å². The number of methoxy groups -OCH3 is 1. The van der Waals surface area contributed by atoms with Crippen LogP contribution in [-0.2, 0) is 9.53 Å². The van der Waals surface area contributed by atoms with Gasteiger partial charge in [0, 0.05) is 19.1 Å². The number of ether oxygens (including phenoxy) is 1. The monoisotopic (exact) mass is 186 g/mol. The van der Waals surface area contributed by atoms with Gasteiger partial charge in [-0.25, -0.2) is 0 Å². The average molecular weight is 186 g/mol. The fourth-order valence-corrected chi connectivity index (χ4v) is 2.05. The number of nitrogens with two attached hydrogens (primary N) is 2. The van der Waals surface area contributed by atoms with Crippen LogP contribution in [0.2, 0.25) is 0 Å². The van der Waals surface area contributed by atoms with Gasteiger partial charge in [0.1, 0.15) is 0 Å². The molecule has 0 aromatic rings. The Bertz CT molecular complexity index is 196. The number of carbonyl (C=O) groups is 1. The van der Waals surface area contributed by atoms with Gasteiger partial charge < -0.3 is 16.2 Å². The second-order valence-electron chi connectivity index (χ2n) is 3.96. The van der Waals surface area contributed by atoms with Crippen molar-refractivity contribution in [1.82, 2.24) is 0 Å². The van der Waals surface area contributed by atoms with Crippen molar-refractivity contribution in [3.8, 4) is 0 Å². The van der Waals surface area contributed by atoms with Crippen molar-refractivity contribution in [2.24, 2.45) is 11.5 Å². The minimum Gasteiger partial charge on any atom is -0.381 e. The van der Waals surface area contributed by atoms with Crippen molar-refractivity contribution in [3.63, 3.8) is 0 Å². The fourth-order valence-electron chi connectivity index (χ4n) is 2.05. The summed E-state index contributed by atoms with van der Waals surface area (Å²) in [6.45, 7) is 0. The first-order valence-electron chi connectivity index (χ1n) is 4.66. The second-order valence-corrected chi connectivity index (χ2v) is 3.96. The summed E-state index contributed by atoms with van der Waals surface area (Å²) in [6, 6.07) is 0. The molecule has 1 fully saturated rings. The number of rotatable bonds is 3. The fraction of sp³-hybridized carbons (Fsp3) is 0.889. The van der Waals surface area contributed by atoms with Crippen molar-refractivity contribution in [2.75, 3.05) is 7.11 Å². The molecule has 1 saturated carbocycles. The number of carbonyl (C=O) groups excluding carboxylic acids is 1. The van der Waals surface area contributed by atoms with Crippen LogP contribution in [0.25, 0.3) is 0 Å². The van der Waals surface area contributed by atoms with Gasteiger partial charge in [-0.15, -0.1) is 0 Å². The van der Waals surface area contributed by atoms with Crippen molar-refractivity contribution < 1.29 is 9.53 Å². The van der Waals surface area contributed by atoms with Crippen LogP contribution >= 0.6 is 0 Å². The third-order valence-corrected chi connectivity index (χ3v) is 2.69. The SMILES string of the molecule is COC1CCCC(N)(CC(N)=O)C1. The average Bonchev–Trinajstić information content (AvgIpc) is 2.02. The number of hydrogen-bond acceptors (Lipinski definition) is 3. The minimum absolute atomic E-state index is 0.193. The summed E-state index contributed by atoms with van der Waals surface area (Å²) in [6.07, 6.45) is 4.13. The molecule has 1 rings (SSSR count). The second kappa shape index (κ2) is 4.07. The Kier molecular flexibility index (Phi) is 3.27. The zero-order valence-electron chi connectivity index (χ0n) is 8.08. The molecule has 0 spiro atoms. The summed E-state index contributed by atoms with van der Waals surface area (Å²) in [7, 11) is 1.68. The van der Waals surface area contributed by atoms with Gasteiger partial charge in [0.05, 0.1) is 6.10 Å². The molecule has 2 atom stereocenters. The topological polar surface area (TPSA) is 78.3 Å². The van der Waals surface area contributed by atoms with E-state index in [1.807, 2.05) is 0 Å². The van der Waals surface area contributed by atoms with E-state index in [4.69, 9.17) is 16.2 Å². The van der Waals surface area contributed by atoms with E-state index >= 15 is 0 Å². The van der Waals surface area contributed by atoms with Crippen molar-refractivity contribution in [2.45, 2.75) is 43.7 Å². The highest BCUT2D eigenvalue weighted by Gasteiger charge is 2.34. The van der Waals surface area contributed by atoms with Gasteiger partial charge in [-0.1, -0.05) is 0 Å². The van der Waals surface area contributed by atoms with Gasteiger partial charge in [-0.2, -0.15) is 0 Å². The van der Waals surface area contributed by atoms with Gasteiger partial charge >= 0.3 is 0 Å². The standard InChI is InChI=1S/C9H18N2O2/c1-13-7-3-2-4-9(11,5-7)6-8(10)12/h7H,2-6,11H2,1H3,(H2,10,12). The molecule has 4 nitrogen and oxygen atoms in total. The highest BCUT2D eigenvalue weighted by molar-refractivity contribution is 5.75. The van der Waals surface area contributed by atoms with Crippen LogP contribution in [0.15, 0.2) is 0 Å². The normalized spacial score (nSPS) is 34.5. The van der Waals surface area contributed by atoms with E-state index in [0.29, 0.717) is 0 Å². The van der Waals surface area contributed by atoms with E-state index in [-0.39, 0.29) is 18.4 Å². The third-order valence-electron chi connectivity index (χ3n) is 2.69. The van der Waals surface area contributed by atoms with E-state index in [2.05, 4.69) is 0 Å². The van der Waals surface area contributed by atoms with E-state index in [0.717, 1.165) is 25.7 Å². The van der Waals surface area contributed by atoms with Gasteiger partial charge in [0.25, 0.3) is 0 Å². The maximum Gasteiger partial charge on any atom is 0.219 e. The molecule has 0 heterocycles. The Morgan fingerprint density at radius 1 is 1.69 bits per heavy atom. The molecule has 1 aliphatic carbocycles. The first-order chi connectivity index (χ1) is 6.06. The lowest BCUT2D eigenvalue weighted by atomic mass is 9.78. The smallest absolute Gasteiger partial charge is 0.219 e. The molecule has 2 unspecified atom stereocenters. The molecule has 13 heavy (non-hydrogen) atoms. The molecule has 0 radical (unpaired) electrons. The minimum atomic E-state index is -0.426. The highest BCUT2D eigenvalue weighted by Crippen LogP contribution is 2.30. The van der Waals surface area contributed by atoms with Crippen LogP contribution in [-0.4, -0.2) is 24.7 Å². The van der Waals surface area contributed by atoms with E-state index in [9.17, 15) is 4.79 Å². The number of primary amides is 1. The first kappa shape index (κ1) is 10.5.